The van der Waals surface area contributed by atoms with Gasteiger partial charge in [-0.3, -0.25) is 4.79 Å². The molecule has 5 heteroatoms. The lowest BCUT2D eigenvalue weighted by Crippen LogP contribution is -2.34. The Bertz CT molecular complexity index is 398. The van der Waals surface area contributed by atoms with E-state index in [0.717, 1.165) is 18.5 Å². The zero-order chi connectivity index (χ0) is 11.5. The molecule has 16 heavy (non-hydrogen) atoms. The van der Waals surface area contributed by atoms with Crippen molar-refractivity contribution in [3.63, 3.8) is 0 Å². The van der Waals surface area contributed by atoms with E-state index < -0.39 is 0 Å². The van der Waals surface area contributed by atoms with E-state index in [1.807, 2.05) is 10.3 Å². The van der Waals surface area contributed by atoms with Crippen molar-refractivity contribution in [2.75, 3.05) is 12.3 Å². The third-order valence-electron chi connectivity index (χ3n) is 2.54. The zero-order valence-electron chi connectivity index (χ0n) is 9.06. The number of nitrogen functional groups attached to an aromatic ring is 1. The quantitative estimate of drug-likeness (QED) is 0.788. The van der Waals surface area contributed by atoms with E-state index in [-0.39, 0.29) is 5.91 Å². The number of rotatable bonds is 5. The van der Waals surface area contributed by atoms with Crippen LogP contribution in [0.5, 0.6) is 0 Å². The summed E-state index contributed by atoms with van der Waals surface area (Å²) in [6.07, 6.45) is 4.33. The summed E-state index contributed by atoms with van der Waals surface area (Å²) >= 11 is 1.37. The number of thiazole rings is 1. The van der Waals surface area contributed by atoms with Gasteiger partial charge in [-0.25, -0.2) is 4.98 Å². The van der Waals surface area contributed by atoms with Crippen LogP contribution in [0.25, 0.3) is 0 Å². The van der Waals surface area contributed by atoms with Gasteiger partial charge in [0.15, 0.2) is 5.13 Å². The maximum atomic E-state index is 12.0. The van der Waals surface area contributed by atoms with Crippen LogP contribution in [0.2, 0.25) is 0 Å². The SMILES string of the molecule is C=CCN(C(=O)Cc1csc(N)n1)C1CC1. The minimum absolute atomic E-state index is 0.118. The summed E-state index contributed by atoms with van der Waals surface area (Å²) in [6, 6.07) is 0.418. The Kier molecular flexibility index (Phi) is 3.24. The van der Waals surface area contributed by atoms with Crippen molar-refractivity contribution in [1.82, 2.24) is 9.88 Å². The molecule has 1 aliphatic carbocycles. The second kappa shape index (κ2) is 4.65. The second-order valence-electron chi connectivity index (χ2n) is 3.92. The van der Waals surface area contributed by atoms with Crippen molar-refractivity contribution < 1.29 is 4.79 Å². The van der Waals surface area contributed by atoms with Gasteiger partial charge >= 0.3 is 0 Å². The number of hydrogen-bond donors (Lipinski definition) is 1. The standard InChI is InChI=1S/C11H15N3OS/c1-2-5-14(9-3-4-9)10(15)6-8-7-16-11(12)13-8/h2,7,9H,1,3-6H2,(H2,12,13). The summed E-state index contributed by atoms with van der Waals surface area (Å²) in [7, 11) is 0. The van der Waals surface area contributed by atoms with E-state index in [1.54, 1.807) is 6.08 Å². The highest BCUT2D eigenvalue weighted by atomic mass is 32.1. The van der Waals surface area contributed by atoms with Crippen molar-refractivity contribution in [3.05, 3.63) is 23.7 Å². The number of hydrogen-bond acceptors (Lipinski definition) is 4. The van der Waals surface area contributed by atoms with Crippen LogP contribution >= 0.6 is 11.3 Å². The maximum Gasteiger partial charge on any atom is 0.229 e. The number of nitrogens with two attached hydrogens (primary N) is 1. The van der Waals surface area contributed by atoms with Crippen LogP contribution in [0.3, 0.4) is 0 Å². The van der Waals surface area contributed by atoms with Crippen LogP contribution in [0.4, 0.5) is 5.13 Å². The van der Waals surface area contributed by atoms with Gasteiger partial charge in [0.05, 0.1) is 12.1 Å². The molecule has 0 aliphatic heterocycles. The van der Waals surface area contributed by atoms with Gasteiger partial charge in [-0.2, -0.15) is 0 Å². The summed E-state index contributed by atoms with van der Waals surface area (Å²) in [4.78, 5) is 18.0. The fourth-order valence-corrected chi connectivity index (χ4v) is 2.20. The van der Waals surface area contributed by atoms with Crippen molar-refractivity contribution >= 4 is 22.4 Å². The fourth-order valence-electron chi connectivity index (χ4n) is 1.64. The number of amides is 1. The van der Waals surface area contributed by atoms with Crippen LogP contribution in [0, 0.1) is 0 Å². The average molecular weight is 237 g/mol. The number of nitrogens with zero attached hydrogens (tertiary/aromatic N) is 2. The molecule has 0 unspecified atom stereocenters. The average Bonchev–Trinajstić information content (AvgIpc) is 3.00. The van der Waals surface area contributed by atoms with Crippen molar-refractivity contribution in [1.29, 1.82) is 0 Å². The summed E-state index contributed by atoms with van der Waals surface area (Å²) in [5.41, 5.74) is 6.29. The number of carbonyl (C=O) groups excluding carboxylic acids is 1. The molecule has 1 heterocycles. The Morgan fingerprint density at radius 3 is 3.00 bits per heavy atom. The molecule has 1 aliphatic rings. The number of aromatic nitrogens is 1. The first kappa shape index (κ1) is 11.1. The molecule has 0 radical (unpaired) electrons. The van der Waals surface area contributed by atoms with Gasteiger partial charge < -0.3 is 10.6 Å². The smallest absolute Gasteiger partial charge is 0.229 e. The minimum Gasteiger partial charge on any atom is -0.375 e. The summed E-state index contributed by atoms with van der Waals surface area (Å²) < 4.78 is 0. The van der Waals surface area contributed by atoms with Gasteiger partial charge in [0.1, 0.15) is 0 Å². The molecule has 1 aromatic heterocycles. The molecule has 0 spiro atoms. The molecular weight excluding hydrogens is 222 g/mol. The third kappa shape index (κ3) is 2.61. The van der Waals surface area contributed by atoms with Gasteiger partial charge in [-0.1, -0.05) is 6.08 Å². The molecule has 1 aromatic rings. The first-order valence-electron chi connectivity index (χ1n) is 5.31. The van der Waals surface area contributed by atoms with Crippen LogP contribution < -0.4 is 5.73 Å². The Labute approximate surface area is 98.8 Å². The van der Waals surface area contributed by atoms with Crippen LogP contribution in [-0.2, 0) is 11.2 Å². The van der Waals surface area contributed by atoms with Gasteiger partial charge in [0.25, 0.3) is 0 Å². The predicted molar refractivity (Wildman–Crippen MR) is 65.2 cm³/mol. The Balaban J connectivity index is 1.97. The van der Waals surface area contributed by atoms with E-state index in [4.69, 9.17) is 5.73 Å². The van der Waals surface area contributed by atoms with Gasteiger partial charge in [0, 0.05) is 18.0 Å². The summed E-state index contributed by atoms with van der Waals surface area (Å²) in [6.45, 7) is 4.30. The van der Waals surface area contributed by atoms with Crippen LogP contribution in [0.15, 0.2) is 18.0 Å². The fraction of sp³-hybridized carbons (Fsp3) is 0.455. The first-order valence-corrected chi connectivity index (χ1v) is 6.19. The summed E-state index contributed by atoms with van der Waals surface area (Å²) in [5, 5.41) is 2.36. The van der Waals surface area contributed by atoms with E-state index in [0.29, 0.717) is 24.1 Å². The number of anilines is 1. The third-order valence-corrected chi connectivity index (χ3v) is 3.26. The minimum atomic E-state index is 0.118. The molecule has 1 fully saturated rings. The summed E-state index contributed by atoms with van der Waals surface area (Å²) in [5.74, 6) is 0.118. The van der Waals surface area contributed by atoms with Gasteiger partial charge in [-0.05, 0) is 12.8 Å². The molecule has 86 valence electrons. The molecule has 0 saturated heterocycles. The first-order chi connectivity index (χ1) is 7.70. The predicted octanol–water partition coefficient (Wildman–Crippen LogP) is 1.44. The normalized spacial score (nSPS) is 14.8. The Morgan fingerprint density at radius 2 is 2.50 bits per heavy atom. The molecule has 2 N–H and O–H groups in total. The van der Waals surface area contributed by atoms with E-state index >= 15 is 0 Å². The number of carbonyl (C=O) groups is 1. The lowest BCUT2D eigenvalue weighted by atomic mass is 10.3. The molecule has 0 atom stereocenters. The molecule has 0 aromatic carbocycles. The maximum absolute atomic E-state index is 12.0. The lowest BCUT2D eigenvalue weighted by molar-refractivity contribution is -0.130. The molecule has 4 nitrogen and oxygen atoms in total. The van der Waals surface area contributed by atoms with Crippen molar-refractivity contribution in [2.45, 2.75) is 25.3 Å². The molecule has 1 saturated carbocycles. The Morgan fingerprint density at radius 1 is 1.75 bits per heavy atom. The van der Waals surface area contributed by atoms with Gasteiger partial charge in [0.2, 0.25) is 5.91 Å². The molecule has 2 rings (SSSR count). The molecule has 0 bridgehead atoms. The Hall–Kier alpha value is -1.36. The van der Waals surface area contributed by atoms with E-state index in [1.165, 1.54) is 11.3 Å². The highest BCUT2D eigenvalue weighted by Gasteiger charge is 2.31. The van der Waals surface area contributed by atoms with Crippen molar-refractivity contribution in [2.24, 2.45) is 0 Å². The second-order valence-corrected chi connectivity index (χ2v) is 4.81. The molecule has 1 amide bonds. The monoisotopic (exact) mass is 237 g/mol. The molecular formula is C11H15N3OS. The highest BCUT2D eigenvalue weighted by Crippen LogP contribution is 2.27. The largest absolute Gasteiger partial charge is 0.375 e. The topological polar surface area (TPSA) is 59.2 Å². The van der Waals surface area contributed by atoms with E-state index in [2.05, 4.69) is 11.6 Å². The van der Waals surface area contributed by atoms with Crippen LogP contribution in [0.1, 0.15) is 18.5 Å². The highest BCUT2D eigenvalue weighted by molar-refractivity contribution is 7.13. The van der Waals surface area contributed by atoms with Crippen molar-refractivity contribution in [3.8, 4) is 0 Å². The zero-order valence-corrected chi connectivity index (χ0v) is 9.87. The van der Waals surface area contributed by atoms with Crippen LogP contribution in [-0.4, -0.2) is 28.4 Å². The van der Waals surface area contributed by atoms with Gasteiger partial charge in [-0.15, -0.1) is 17.9 Å². The van der Waals surface area contributed by atoms with E-state index in [9.17, 15) is 4.79 Å². The lowest BCUT2D eigenvalue weighted by Gasteiger charge is -2.19.